The summed E-state index contributed by atoms with van der Waals surface area (Å²) in [5, 5.41) is 6.51. The number of hydrogen-bond donors (Lipinski definition) is 3. The van der Waals surface area contributed by atoms with Crippen LogP contribution in [-0.2, 0) is 6.54 Å². The number of para-hydroxylation sites is 1. The first-order chi connectivity index (χ1) is 12.7. The monoisotopic (exact) mass is 349 g/mol. The number of rotatable bonds is 5. The average molecular weight is 349 g/mol. The van der Waals surface area contributed by atoms with Crippen LogP contribution in [0.1, 0.15) is 11.1 Å². The van der Waals surface area contributed by atoms with Crippen molar-refractivity contribution in [1.29, 1.82) is 0 Å². The van der Waals surface area contributed by atoms with Gasteiger partial charge in [-0.25, -0.2) is 9.97 Å². The molecule has 7 nitrogen and oxygen atoms in total. The number of benzene rings is 2. The highest BCUT2D eigenvalue weighted by molar-refractivity contribution is 5.78. The normalized spacial score (nSPS) is 12.0. The minimum absolute atomic E-state index is 0.263. The zero-order valence-corrected chi connectivity index (χ0v) is 14.3. The summed E-state index contributed by atoms with van der Waals surface area (Å²) in [7, 11) is 0. The Morgan fingerprint density at radius 3 is 2.73 bits per heavy atom. The van der Waals surface area contributed by atoms with Crippen LogP contribution in [0.5, 0.6) is 11.5 Å². The Balaban J connectivity index is 1.50. The van der Waals surface area contributed by atoms with Crippen molar-refractivity contribution in [2.45, 2.75) is 13.5 Å². The molecule has 0 saturated carbocycles. The lowest BCUT2D eigenvalue weighted by molar-refractivity contribution is 0.174. The van der Waals surface area contributed by atoms with Crippen molar-refractivity contribution in [2.75, 3.05) is 23.2 Å². The Bertz CT molecular complexity index is 945. The van der Waals surface area contributed by atoms with Crippen LogP contribution in [-0.4, -0.2) is 16.8 Å². The number of aryl methyl sites for hydroxylation is 1. The molecule has 0 aliphatic carbocycles. The molecule has 0 radical (unpaired) electrons. The van der Waals surface area contributed by atoms with Crippen LogP contribution in [0.25, 0.3) is 0 Å². The molecule has 3 aromatic rings. The summed E-state index contributed by atoms with van der Waals surface area (Å²) in [5.74, 6) is 2.66. The number of ether oxygens (including phenoxy) is 2. The summed E-state index contributed by atoms with van der Waals surface area (Å²) in [4.78, 5) is 8.50. The van der Waals surface area contributed by atoms with Crippen molar-refractivity contribution in [1.82, 2.24) is 9.97 Å². The molecule has 2 aromatic carbocycles. The largest absolute Gasteiger partial charge is 0.454 e. The highest BCUT2D eigenvalue weighted by Gasteiger charge is 2.14. The molecule has 0 spiro atoms. The number of hydrogen-bond acceptors (Lipinski definition) is 7. The SMILES string of the molecule is Cc1ccccc1Nc1ncnc(NCc2ccc3c(c2)OCO3)c1N. The molecular formula is C19H19N5O2. The van der Waals surface area contributed by atoms with Gasteiger partial charge < -0.3 is 25.8 Å². The maximum absolute atomic E-state index is 6.24. The zero-order chi connectivity index (χ0) is 17.9. The first-order valence-corrected chi connectivity index (χ1v) is 8.26. The second kappa shape index (κ2) is 6.79. The van der Waals surface area contributed by atoms with Gasteiger partial charge in [-0.2, -0.15) is 0 Å². The summed E-state index contributed by atoms with van der Waals surface area (Å²) in [6, 6.07) is 13.8. The number of nitrogens with one attached hydrogen (secondary N) is 2. The molecule has 0 bridgehead atoms. The summed E-state index contributed by atoms with van der Waals surface area (Å²) < 4.78 is 10.7. The highest BCUT2D eigenvalue weighted by Crippen LogP contribution is 2.33. The van der Waals surface area contributed by atoms with Crippen LogP contribution in [0.4, 0.5) is 23.0 Å². The van der Waals surface area contributed by atoms with E-state index in [2.05, 4.69) is 20.6 Å². The van der Waals surface area contributed by atoms with E-state index in [0.29, 0.717) is 23.9 Å². The number of fused-ring (bicyclic) bond motifs is 1. The van der Waals surface area contributed by atoms with E-state index in [1.807, 2.05) is 49.4 Å². The second-order valence-corrected chi connectivity index (χ2v) is 5.97. The molecule has 0 saturated heterocycles. The Kier molecular flexibility index (Phi) is 4.18. The summed E-state index contributed by atoms with van der Waals surface area (Å²) in [5.41, 5.74) is 9.82. The van der Waals surface area contributed by atoms with Crippen LogP contribution >= 0.6 is 0 Å². The molecule has 26 heavy (non-hydrogen) atoms. The summed E-state index contributed by atoms with van der Waals surface area (Å²) in [6.45, 7) is 2.85. The predicted molar refractivity (Wildman–Crippen MR) is 101 cm³/mol. The topological polar surface area (TPSA) is 94.3 Å². The standard InChI is InChI=1S/C19H19N5O2/c1-12-4-2-3-5-14(12)24-19-17(20)18(22-10-23-19)21-9-13-6-7-15-16(8-13)26-11-25-15/h2-8,10H,9,11,20H2,1H3,(H2,21,22,23,24). The van der Waals surface area contributed by atoms with E-state index in [0.717, 1.165) is 28.3 Å². The zero-order valence-electron chi connectivity index (χ0n) is 14.3. The van der Waals surface area contributed by atoms with Gasteiger partial charge in [0.2, 0.25) is 6.79 Å². The minimum atomic E-state index is 0.263. The quantitative estimate of drug-likeness (QED) is 0.649. The maximum atomic E-state index is 6.24. The Labute approximate surface area is 151 Å². The van der Waals surface area contributed by atoms with Crippen LogP contribution in [0.2, 0.25) is 0 Å². The average Bonchev–Trinajstić information content (AvgIpc) is 3.12. The van der Waals surface area contributed by atoms with Gasteiger partial charge in [-0.05, 0) is 36.2 Å². The van der Waals surface area contributed by atoms with Crippen molar-refractivity contribution < 1.29 is 9.47 Å². The molecule has 0 amide bonds. The summed E-state index contributed by atoms with van der Waals surface area (Å²) >= 11 is 0. The first-order valence-electron chi connectivity index (χ1n) is 8.26. The molecular weight excluding hydrogens is 330 g/mol. The fraction of sp³-hybridized carbons (Fsp3) is 0.158. The van der Waals surface area contributed by atoms with Crippen molar-refractivity contribution >= 4 is 23.0 Å². The lowest BCUT2D eigenvalue weighted by atomic mass is 10.2. The van der Waals surface area contributed by atoms with Gasteiger partial charge in [0.05, 0.1) is 0 Å². The molecule has 2 heterocycles. The van der Waals surface area contributed by atoms with Crippen LogP contribution in [0.3, 0.4) is 0 Å². The van der Waals surface area contributed by atoms with E-state index in [4.69, 9.17) is 15.2 Å². The predicted octanol–water partition coefficient (Wildman–Crippen LogP) is 3.45. The van der Waals surface area contributed by atoms with E-state index in [1.54, 1.807) is 0 Å². The van der Waals surface area contributed by atoms with Gasteiger partial charge in [0.25, 0.3) is 0 Å². The van der Waals surface area contributed by atoms with E-state index >= 15 is 0 Å². The molecule has 1 aromatic heterocycles. The molecule has 0 unspecified atom stereocenters. The number of nitrogens with zero attached hydrogens (tertiary/aromatic N) is 2. The van der Waals surface area contributed by atoms with Gasteiger partial charge in [-0.3, -0.25) is 0 Å². The minimum Gasteiger partial charge on any atom is -0.454 e. The van der Waals surface area contributed by atoms with Crippen LogP contribution < -0.4 is 25.8 Å². The fourth-order valence-electron chi connectivity index (χ4n) is 2.71. The lowest BCUT2D eigenvalue weighted by Crippen LogP contribution is -2.08. The molecule has 132 valence electrons. The van der Waals surface area contributed by atoms with Crippen molar-refractivity contribution in [3.8, 4) is 11.5 Å². The smallest absolute Gasteiger partial charge is 0.231 e. The number of anilines is 4. The molecule has 7 heteroatoms. The fourth-order valence-corrected chi connectivity index (χ4v) is 2.71. The van der Waals surface area contributed by atoms with Gasteiger partial charge in [0.1, 0.15) is 12.0 Å². The summed E-state index contributed by atoms with van der Waals surface area (Å²) in [6.07, 6.45) is 1.49. The van der Waals surface area contributed by atoms with E-state index in [-0.39, 0.29) is 6.79 Å². The molecule has 4 N–H and O–H groups in total. The number of nitrogen functional groups attached to an aromatic ring is 1. The maximum Gasteiger partial charge on any atom is 0.231 e. The van der Waals surface area contributed by atoms with Gasteiger partial charge in [-0.1, -0.05) is 24.3 Å². The molecule has 0 fully saturated rings. The van der Waals surface area contributed by atoms with E-state index in [1.165, 1.54) is 6.33 Å². The van der Waals surface area contributed by atoms with Gasteiger partial charge in [0.15, 0.2) is 23.1 Å². The van der Waals surface area contributed by atoms with Gasteiger partial charge >= 0.3 is 0 Å². The third-order valence-electron chi connectivity index (χ3n) is 4.18. The Morgan fingerprint density at radius 1 is 1.04 bits per heavy atom. The third-order valence-corrected chi connectivity index (χ3v) is 4.18. The molecule has 1 aliphatic rings. The van der Waals surface area contributed by atoms with Crippen LogP contribution in [0.15, 0.2) is 48.8 Å². The second-order valence-electron chi connectivity index (χ2n) is 5.97. The lowest BCUT2D eigenvalue weighted by Gasteiger charge is -2.14. The first kappa shape index (κ1) is 16.0. The van der Waals surface area contributed by atoms with Crippen molar-refractivity contribution in [2.24, 2.45) is 0 Å². The molecule has 0 atom stereocenters. The van der Waals surface area contributed by atoms with Gasteiger partial charge in [-0.15, -0.1) is 0 Å². The highest BCUT2D eigenvalue weighted by atomic mass is 16.7. The molecule has 4 rings (SSSR count). The Morgan fingerprint density at radius 2 is 1.85 bits per heavy atom. The third kappa shape index (κ3) is 3.19. The number of nitrogens with two attached hydrogens (primary N) is 1. The van der Waals surface area contributed by atoms with Gasteiger partial charge in [0, 0.05) is 12.2 Å². The van der Waals surface area contributed by atoms with Crippen LogP contribution in [0, 0.1) is 6.92 Å². The van der Waals surface area contributed by atoms with E-state index < -0.39 is 0 Å². The molecule has 1 aliphatic heterocycles. The Hall–Kier alpha value is -3.48. The van der Waals surface area contributed by atoms with Crippen molar-refractivity contribution in [3.05, 3.63) is 59.9 Å². The van der Waals surface area contributed by atoms with Crippen molar-refractivity contribution in [3.63, 3.8) is 0 Å². The van der Waals surface area contributed by atoms with E-state index in [9.17, 15) is 0 Å². The number of aromatic nitrogens is 2.